The first-order chi connectivity index (χ1) is 7.63. The Morgan fingerprint density at radius 1 is 1.38 bits per heavy atom. The minimum atomic E-state index is 0.0206. The van der Waals surface area contributed by atoms with Crippen molar-refractivity contribution in [2.24, 2.45) is 5.73 Å². The number of thiocarbonyl (C=S) groups is 1. The van der Waals surface area contributed by atoms with Gasteiger partial charge < -0.3 is 16.4 Å². The minimum absolute atomic E-state index is 0.0206. The highest BCUT2D eigenvalue weighted by Crippen LogP contribution is 2.09. The summed E-state index contributed by atoms with van der Waals surface area (Å²) in [4.78, 5) is 11.3. The van der Waals surface area contributed by atoms with Gasteiger partial charge in [0.2, 0.25) is 5.91 Å². The predicted octanol–water partition coefficient (Wildman–Crippen LogP) is 0.869. The molecule has 0 radical (unpaired) electrons. The standard InChI is InChI=1S/C11H15N3OS/c1-13-10(15)6-7-14-9-4-2-8(3-5-9)11(12)16/h2-5,14H,6-7H2,1H3,(H2,12,16)(H,13,15). The molecular formula is C11H15N3OS. The molecule has 0 aliphatic heterocycles. The smallest absolute Gasteiger partial charge is 0.221 e. The van der Waals surface area contributed by atoms with Gasteiger partial charge in [-0.2, -0.15) is 0 Å². The van der Waals surface area contributed by atoms with Crippen molar-refractivity contribution in [1.82, 2.24) is 5.32 Å². The molecule has 0 spiro atoms. The third-order valence-electron chi connectivity index (χ3n) is 2.13. The molecule has 0 aromatic heterocycles. The summed E-state index contributed by atoms with van der Waals surface area (Å²) in [7, 11) is 1.62. The summed E-state index contributed by atoms with van der Waals surface area (Å²) in [5, 5.41) is 5.69. The van der Waals surface area contributed by atoms with Crippen LogP contribution in [0.4, 0.5) is 5.69 Å². The quantitative estimate of drug-likeness (QED) is 0.665. The van der Waals surface area contributed by atoms with E-state index < -0.39 is 0 Å². The summed E-state index contributed by atoms with van der Waals surface area (Å²) >= 11 is 4.85. The number of hydrogen-bond donors (Lipinski definition) is 3. The highest BCUT2D eigenvalue weighted by Gasteiger charge is 1.98. The van der Waals surface area contributed by atoms with Gasteiger partial charge in [0.15, 0.2) is 0 Å². The number of nitrogens with one attached hydrogen (secondary N) is 2. The molecule has 0 saturated carbocycles. The van der Waals surface area contributed by atoms with Gasteiger partial charge in [-0.05, 0) is 24.3 Å². The second-order valence-electron chi connectivity index (χ2n) is 3.29. The van der Waals surface area contributed by atoms with Gasteiger partial charge in [0, 0.05) is 31.3 Å². The van der Waals surface area contributed by atoms with Crippen LogP contribution in [0, 0.1) is 0 Å². The van der Waals surface area contributed by atoms with E-state index in [-0.39, 0.29) is 5.91 Å². The van der Waals surface area contributed by atoms with E-state index in [1.165, 1.54) is 0 Å². The number of nitrogens with two attached hydrogens (primary N) is 1. The van der Waals surface area contributed by atoms with E-state index in [0.29, 0.717) is 18.0 Å². The number of anilines is 1. The average molecular weight is 237 g/mol. The fraction of sp³-hybridized carbons (Fsp3) is 0.273. The van der Waals surface area contributed by atoms with Crippen LogP contribution in [0.5, 0.6) is 0 Å². The Morgan fingerprint density at radius 2 is 2.00 bits per heavy atom. The van der Waals surface area contributed by atoms with Crippen LogP contribution in [0.25, 0.3) is 0 Å². The van der Waals surface area contributed by atoms with Crippen molar-refractivity contribution in [2.45, 2.75) is 6.42 Å². The van der Waals surface area contributed by atoms with Crippen molar-refractivity contribution < 1.29 is 4.79 Å². The molecular weight excluding hydrogens is 222 g/mol. The molecule has 0 unspecified atom stereocenters. The number of hydrogen-bond acceptors (Lipinski definition) is 3. The van der Waals surface area contributed by atoms with Gasteiger partial charge in [-0.3, -0.25) is 4.79 Å². The van der Waals surface area contributed by atoms with Crippen molar-refractivity contribution in [3.8, 4) is 0 Å². The van der Waals surface area contributed by atoms with Gasteiger partial charge in [-0.25, -0.2) is 0 Å². The second kappa shape index (κ2) is 6.07. The van der Waals surface area contributed by atoms with Gasteiger partial charge in [-0.15, -0.1) is 0 Å². The summed E-state index contributed by atoms with van der Waals surface area (Å²) in [6.07, 6.45) is 0.452. The van der Waals surface area contributed by atoms with Crippen LogP contribution in [0.1, 0.15) is 12.0 Å². The van der Waals surface area contributed by atoms with E-state index in [2.05, 4.69) is 10.6 Å². The lowest BCUT2D eigenvalue weighted by molar-refractivity contribution is -0.120. The average Bonchev–Trinajstić information content (AvgIpc) is 2.29. The summed E-state index contributed by atoms with van der Waals surface area (Å²) in [5.41, 5.74) is 7.27. The summed E-state index contributed by atoms with van der Waals surface area (Å²) in [6, 6.07) is 7.48. The zero-order valence-corrected chi connectivity index (χ0v) is 9.93. The Labute approximate surface area is 100 Å². The van der Waals surface area contributed by atoms with Crippen molar-refractivity contribution in [3.05, 3.63) is 29.8 Å². The molecule has 0 fully saturated rings. The van der Waals surface area contributed by atoms with E-state index in [4.69, 9.17) is 18.0 Å². The largest absolute Gasteiger partial charge is 0.389 e. The van der Waals surface area contributed by atoms with Gasteiger partial charge >= 0.3 is 0 Å². The maximum Gasteiger partial charge on any atom is 0.221 e. The maximum atomic E-state index is 11.0. The zero-order valence-electron chi connectivity index (χ0n) is 9.12. The Bertz CT molecular complexity index is 375. The Morgan fingerprint density at radius 3 is 2.50 bits per heavy atom. The van der Waals surface area contributed by atoms with Crippen LogP contribution >= 0.6 is 12.2 Å². The predicted molar refractivity (Wildman–Crippen MR) is 69.5 cm³/mol. The van der Waals surface area contributed by atoms with Crippen LogP contribution < -0.4 is 16.4 Å². The fourth-order valence-corrected chi connectivity index (χ4v) is 1.33. The van der Waals surface area contributed by atoms with E-state index in [1.807, 2.05) is 24.3 Å². The van der Waals surface area contributed by atoms with E-state index in [1.54, 1.807) is 7.05 Å². The molecule has 1 aromatic rings. The summed E-state index contributed by atoms with van der Waals surface area (Å²) in [5.74, 6) is 0.0206. The highest BCUT2D eigenvalue weighted by molar-refractivity contribution is 7.80. The molecule has 0 aliphatic carbocycles. The third kappa shape index (κ3) is 3.86. The van der Waals surface area contributed by atoms with Gasteiger partial charge in [-0.1, -0.05) is 12.2 Å². The first-order valence-corrected chi connectivity index (χ1v) is 5.38. The number of carbonyl (C=O) groups excluding carboxylic acids is 1. The fourth-order valence-electron chi connectivity index (χ4n) is 1.20. The molecule has 4 N–H and O–H groups in total. The van der Waals surface area contributed by atoms with Crippen molar-refractivity contribution >= 4 is 28.8 Å². The molecule has 1 rings (SSSR count). The Kier molecular flexibility index (Phi) is 4.72. The third-order valence-corrected chi connectivity index (χ3v) is 2.37. The van der Waals surface area contributed by atoms with Crippen molar-refractivity contribution in [1.29, 1.82) is 0 Å². The lowest BCUT2D eigenvalue weighted by Crippen LogP contribution is -2.20. The maximum absolute atomic E-state index is 11.0. The summed E-state index contributed by atoms with van der Waals surface area (Å²) in [6.45, 7) is 0.603. The molecule has 0 bridgehead atoms. The number of amides is 1. The number of rotatable bonds is 5. The molecule has 5 heteroatoms. The molecule has 0 aliphatic rings. The molecule has 4 nitrogen and oxygen atoms in total. The van der Waals surface area contributed by atoms with Gasteiger partial charge in [0.1, 0.15) is 4.99 Å². The molecule has 0 saturated heterocycles. The highest BCUT2D eigenvalue weighted by atomic mass is 32.1. The van der Waals surface area contributed by atoms with Crippen LogP contribution in [0.15, 0.2) is 24.3 Å². The molecule has 1 aromatic carbocycles. The van der Waals surface area contributed by atoms with Crippen molar-refractivity contribution in [2.75, 3.05) is 18.9 Å². The van der Waals surface area contributed by atoms with Crippen LogP contribution in [0.3, 0.4) is 0 Å². The molecule has 1 amide bonds. The van der Waals surface area contributed by atoms with Crippen LogP contribution in [0.2, 0.25) is 0 Å². The molecule has 16 heavy (non-hydrogen) atoms. The number of benzene rings is 1. The van der Waals surface area contributed by atoms with E-state index >= 15 is 0 Å². The lowest BCUT2D eigenvalue weighted by atomic mass is 10.2. The monoisotopic (exact) mass is 237 g/mol. The minimum Gasteiger partial charge on any atom is -0.389 e. The van der Waals surface area contributed by atoms with E-state index in [9.17, 15) is 4.79 Å². The topological polar surface area (TPSA) is 67.2 Å². The van der Waals surface area contributed by atoms with Crippen LogP contribution in [-0.4, -0.2) is 24.5 Å². The molecule has 0 heterocycles. The summed E-state index contributed by atoms with van der Waals surface area (Å²) < 4.78 is 0. The zero-order chi connectivity index (χ0) is 12.0. The van der Waals surface area contributed by atoms with Crippen LogP contribution in [-0.2, 0) is 4.79 Å². The molecule has 86 valence electrons. The van der Waals surface area contributed by atoms with Crippen molar-refractivity contribution in [3.63, 3.8) is 0 Å². The first-order valence-electron chi connectivity index (χ1n) is 4.98. The van der Waals surface area contributed by atoms with E-state index in [0.717, 1.165) is 11.3 Å². The lowest BCUT2D eigenvalue weighted by Gasteiger charge is -2.06. The number of carbonyl (C=O) groups is 1. The SMILES string of the molecule is CNC(=O)CCNc1ccc(C(N)=S)cc1. The van der Waals surface area contributed by atoms with Gasteiger partial charge in [0.05, 0.1) is 0 Å². The first kappa shape index (κ1) is 12.4. The Balaban J connectivity index is 2.43. The van der Waals surface area contributed by atoms with Gasteiger partial charge in [0.25, 0.3) is 0 Å². The molecule has 0 atom stereocenters. The second-order valence-corrected chi connectivity index (χ2v) is 3.73. The Hall–Kier alpha value is -1.62. The normalized spacial score (nSPS) is 9.56.